The normalized spacial score (nSPS) is 12.1. The van der Waals surface area contributed by atoms with E-state index in [2.05, 4.69) is 20.5 Å². The topological polar surface area (TPSA) is 115 Å². The number of carbonyl (C=O) groups is 2. The number of thiazole rings is 1. The summed E-state index contributed by atoms with van der Waals surface area (Å²) in [7, 11) is 0. The molecule has 1 unspecified atom stereocenters. The lowest BCUT2D eigenvalue weighted by molar-refractivity contribution is -0.119. The Labute approximate surface area is 153 Å². The van der Waals surface area contributed by atoms with Crippen LogP contribution in [0.2, 0.25) is 0 Å². The Balaban J connectivity index is 1.72. The van der Waals surface area contributed by atoms with Gasteiger partial charge in [0.1, 0.15) is 6.04 Å². The van der Waals surface area contributed by atoms with Crippen molar-refractivity contribution < 1.29 is 14.7 Å². The Morgan fingerprint density at radius 2 is 2.12 bits per heavy atom. The summed E-state index contributed by atoms with van der Waals surface area (Å²) in [6.45, 7) is 6.41. The van der Waals surface area contributed by atoms with Crippen molar-refractivity contribution in [1.82, 2.24) is 24.5 Å². The van der Waals surface area contributed by atoms with E-state index in [0.29, 0.717) is 5.13 Å². The van der Waals surface area contributed by atoms with E-state index in [1.165, 1.54) is 28.4 Å². The molecule has 0 aliphatic rings. The van der Waals surface area contributed by atoms with E-state index >= 15 is 0 Å². The molecular formula is C16H18N6O3S. The molecule has 0 spiro atoms. The Morgan fingerprint density at radius 1 is 1.35 bits per heavy atom. The number of carbonyl (C=O) groups excluding carboxylic acids is 1. The first-order valence-corrected chi connectivity index (χ1v) is 8.85. The summed E-state index contributed by atoms with van der Waals surface area (Å²) < 4.78 is 3.19. The zero-order chi connectivity index (χ0) is 18.8. The summed E-state index contributed by atoms with van der Waals surface area (Å²) in [6, 6.07) is -0.667. The van der Waals surface area contributed by atoms with E-state index in [9.17, 15) is 9.59 Å². The summed E-state index contributed by atoms with van der Waals surface area (Å²) in [4.78, 5) is 27.8. The van der Waals surface area contributed by atoms with E-state index < -0.39 is 12.0 Å². The Kier molecular flexibility index (Phi) is 4.85. The van der Waals surface area contributed by atoms with Gasteiger partial charge in [0.15, 0.2) is 5.13 Å². The molecule has 2 N–H and O–H groups in total. The maximum Gasteiger partial charge on any atom is 0.338 e. The molecule has 1 amide bonds. The molecule has 0 aromatic carbocycles. The van der Waals surface area contributed by atoms with Gasteiger partial charge in [-0.3, -0.25) is 14.2 Å². The lowest BCUT2D eigenvalue weighted by atomic mass is 10.2. The maximum absolute atomic E-state index is 12.4. The summed E-state index contributed by atoms with van der Waals surface area (Å²) in [5, 5.41) is 22.2. The summed E-state index contributed by atoms with van der Waals surface area (Å²) >= 11 is 1.32. The molecule has 26 heavy (non-hydrogen) atoms. The molecule has 0 bridgehead atoms. The molecule has 136 valence electrons. The predicted molar refractivity (Wildman–Crippen MR) is 96.3 cm³/mol. The van der Waals surface area contributed by atoms with Crippen molar-refractivity contribution in [2.75, 3.05) is 5.32 Å². The summed E-state index contributed by atoms with van der Waals surface area (Å²) in [5.74, 6) is -1.41. The molecule has 3 heterocycles. The third-order valence-electron chi connectivity index (χ3n) is 4.04. The zero-order valence-electron chi connectivity index (χ0n) is 14.5. The second-order valence-corrected chi connectivity index (χ2v) is 6.53. The number of aryl methyl sites for hydroxylation is 1. The van der Waals surface area contributed by atoms with Crippen molar-refractivity contribution in [3.63, 3.8) is 0 Å². The third-order valence-corrected chi connectivity index (χ3v) is 4.80. The lowest BCUT2D eigenvalue weighted by Crippen LogP contribution is -2.24. The number of carboxylic acid groups (broad SMARTS) is 1. The number of nitrogens with one attached hydrogen (secondary N) is 1. The highest BCUT2D eigenvalue weighted by Crippen LogP contribution is 2.27. The molecule has 0 saturated carbocycles. The predicted octanol–water partition coefficient (Wildman–Crippen LogP) is 2.43. The number of aromatic carboxylic acids is 1. The minimum absolute atomic E-state index is 0.0320. The summed E-state index contributed by atoms with van der Waals surface area (Å²) in [6.07, 6.45) is 4.30. The van der Waals surface area contributed by atoms with E-state index in [1.54, 1.807) is 13.1 Å². The van der Waals surface area contributed by atoms with Crippen LogP contribution in [0.5, 0.6) is 0 Å². The number of hydrogen-bond donors (Lipinski definition) is 2. The Morgan fingerprint density at radius 3 is 2.73 bits per heavy atom. The number of rotatable bonds is 6. The first-order chi connectivity index (χ1) is 12.4. The highest BCUT2D eigenvalue weighted by Gasteiger charge is 2.19. The van der Waals surface area contributed by atoms with Crippen LogP contribution < -0.4 is 5.32 Å². The third kappa shape index (κ3) is 3.36. The average molecular weight is 374 g/mol. The minimum atomic E-state index is -1.09. The molecule has 0 radical (unpaired) electrons. The Bertz CT molecular complexity index is 957. The number of hydrogen-bond acceptors (Lipinski definition) is 6. The second kappa shape index (κ2) is 7.08. The van der Waals surface area contributed by atoms with Crippen LogP contribution in [-0.2, 0) is 11.3 Å². The smallest absolute Gasteiger partial charge is 0.338 e. The molecule has 3 aromatic heterocycles. The quantitative estimate of drug-likeness (QED) is 0.685. The minimum Gasteiger partial charge on any atom is -0.478 e. The van der Waals surface area contributed by atoms with Gasteiger partial charge in [-0.1, -0.05) is 0 Å². The van der Waals surface area contributed by atoms with Crippen molar-refractivity contribution in [2.45, 2.75) is 33.4 Å². The highest BCUT2D eigenvalue weighted by atomic mass is 32.1. The van der Waals surface area contributed by atoms with Gasteiger partial charge in [-0.05, 0) is 20.8 Å². The molecule has 1 atom stereocenters. The van der Waals surface area contributed by atoms with E-state index in [4.69, 9.17) is 5.11 Å². The first-order valence-electron chi connectivity index (χ1n) is 7.97. The first kappa shape index (κ1) is 17.8. The molecular weight excluding hydrogens is 356 g/mol. The van der Waals surface area contributed by atoms with Crippen molar-refractivity contribution in [3.05, 3.63) is 35.2 Å². The summed E-state index contributed by atoms with van der Waals surface area (Å²) in [5.41, 5.74) is 2.73. The van der Waals surface area contributed by atoms with Crippen LogP contribution in [0.15, 0.2) is 24.0 Å². The molecule has 9 nitrogen and oxygen atoms in total. The molecule has 0 aliphatic carbocycles. The molecule has 10 heteroatoms. The van der Waals surface area contributed by atoms with Gasteiger partial charge in [0.25, 0.3) is 5.91 Å². The van der Waals surface area contributed by atoms with Crippen LogP contribution in [0.4, 0.5) is 5.13 Å². The van der Waals surface area contributed by atoms with Gasteiger partial charge in [-0.25, -0.2) is 9.78 Å². The van der Waals surface area contributed by atoms with Gasteiger partial charge in [-0.2, -0.15) is 10.2 Å². The van der Waals surface area contributed by atoms with E-state index in [0.717, 1.165) is 23.5 Å². The van der Waals surface area contributed by atoms with Crippen LogP contribution in [0.3, 0.4) is 0 Å². The van der Waals surface area contributed by atoms with Gasteiger partial charge in [0, 0.05) is 29.4 Å². The van der Waals surface area contributed by atoms with Crippen LogP contribution in [0.1, 0.15) is 35.9 Å². The average Bonchev–Trinajstić information content (AvgIpc) is 3.33. The SMILES string of the molecule is CCn1ncc(-c2csc(NC(=O)C(C)n3cc(C(=O)O)cn3)n2)c1C. The molecule has 0 fully saturated rings. The fraction of sp³-hybridized carbons (Fsp3) is 0.312. The van der Waals surface area contributed by atoms with Gasteiger partial charge in [0.05, 0.1) is 23.7 Å². The van der Waals surface area contributed by atoms with Crippen molar-refractivity contribution in [3.8, 4) is 11.3 Å². The Hall–Kier alpha value is -3.01. The standard InChI is InChI=1S/C16H18N6O3S/c1-4-21-9(2)12(6-18-21)13-8-26-16(19-13)20-14(23)10(3)22-7-11(5-17-22)15(24)25/h5-8,10H,4H2,1-3H3,(H,24,25)(H,19,20,23). The van der Waals surface area contributed by atoms with Gasteiger partial charge < -0.3 is 10.4 Å². The fourth-order valence-corrected chi connectivity index (χ4v) is 3.18. The van der Waals surface area contributed by atoms with E-state index in [1.807, 2.05) is 23.9 Å². The molecule has 0 saturated heterocycles. The number of carboxylic acids is 1. The van der Waals surface area contributed by atoms with Crippen molar-refractivity contribution >= 4 is 28.3 Å². The molecule has 0 aliphatic heterocycles. The van der Waals surface area contributed by atoms with Gasteiger partial charge in [0.2, 0.25) is 0 Å². The number of anilines is 1. The van der Waals surface area contributed by atoms with Crippen molar-refractivity contribution in [2.24, 2.45) is 0 Å². The van der Waals surface area contributed by atoms with Crippen molar-refractivity contribution in [1.29, 1.82) is 0 Å². The van der Waals surface area contributed by atoms with E-state index in [-0.39, 0.29) is 11.5 Å². The maximum atomic E-state index is 12.4. The number of aromatic nitrogens is 5. The van der Waals surface area contributed by atoms with Gasteiger partial charge >= 0.3 is 5.97 Å². The van der Waals surface area contributed by atoms with Crippen LogP contribution >= 0.6 is 11.3 Å². The zero-order valence-corrected chi connectivity index (χ0v) is 15.3. The second-order valence-electron chi connectivity index (χ2n) is 5.68. The van der Waals surface area contributed by atoms with Gasteiger partial charge in [-0.15, -0.1) is 11.3 Å². The largest absolute Gasteiger partial charge is 0.478 e. The van der Waals surface area contributed by atoms with Crippen LogP contribution in [0.25, 0.3) is 11.3 Å². The van der Waals surface area contributed by atoms with Crippen LogP contribution in [-0.4, -0.2) is 41.5 Å². The number of nitrogens with zero attached hydrogens (tertiary/aromatic N) is 5. The monoisotopic (exact) mass is 374 g/mol. The number of amides is 1. The van der Waals surface area contributed by atoms with Crippen LogP contribution in [0, 0.1) is 6.92 Å². The molecule has 3 aromatic rings. The highest BCUT2D eigenvalue weighted by molar-refractivity contribution is 7.14. The lowest BCUT2D eigenvalue weighted by Gasteiger charge is -2.10. The molecule has 3 rings (SSSR count). The fourth-order valence-electron chi connectivity index (χ4n) is 2.46.